The van der Waals surface area contributed by atoms with Gasteiger partial charge in [-0.1, -0.05) is 0 Å². The van der Waals surface area contributed by atoms with Gasteiger partial charge in [0.25, 0.3) is 5.91 Å². The number of hydrogen-bond donors (Lipinski definition) is 2. The fourth-order valence-corrected chi connectivity index (χ4v) is 2.56. The van der Waals surface area contributed by atoms with Crippen LogP contribution in [0.3, 0.4) is 0 Å². The van der Waals surface area contributed by atoms with Crippen LogP contribution in [0.1, 0.15) is 20.8 Å². The Labute approximate surface area is 165 Å². The van der Waals surface area contributed by atoms with E-state index in [2.05, 4.69) is 10.4 Å². The Morgan fingerprint density at radius 3 is 2.21 bits per heavy atom. The molecule has 1 aromatic heterocycles. The monoisotopic (exact) mass is 394 g/mol. The van der Waals surface area contributed by atoms with Gasteiger partial charge in [0.05, 0.1) is 26.0 Å². The number of benzene rings is 2. The Balaban J connectivity index is 1.94. The molecule has 0 saturated heterocycles. The lowest BCUT2D eigenvalue weighted by atomic mass is 10.2. The summed E-state index contributed by atoms with van der Waals surface area (Å²) in [6.45, 7) is 0. The Hall–Kier alpha value is -4.14. The number of nitrogens with two attached hydrogens (primary N) is 1. The van der Waals surface area contributed by atoms with Crippen LogP contribution in [0.25, 0.3) is 5.69 Å². The maximum atomic E-state index is 12.6. The van der Waals surface area contributed by atoms with E-state index in [-0.39, 0.29) is 11.6 Å². The normalized spacial score (nSPS) is 10.3. The van der Waals surface area contributed by atoms with Crippen LogP contribution in [-0.4, -0.2) is 35.8 Å². The smallest absolute Gasteiger partial charge is 0.280 e. The van der Waals surface area contributed by atoms with Gasteiger partial charge in [0.2, 0.25) is 17.2 Å². The van der Waals surface area contributed by atoms with Gasteiger partial charge in [-0.05, 0) is 48.5 Å². The Morgan fingerprint density at radius 1 is 1.00 bits per heavy atom. The molecule has 9 heteroatoms. The number of hydrogen-bond acceptors (Lipinski definition) is 6. The number of nitrogens with one attached hydrogen (secondary N) is 1. The summed E-state index contributed by atoms with van der Waals surface area (Å²) in [5.41, 5.74) is 5.53. The molecule has 0 spiro atoms. The van der Waals surface area contributed by atoms with Crippen molar-refractivity contribution in [1.82, 2.24) is 9.78 Å². The molecule has 0 aliphatic heterocycles. The van der Waals surface area contributed by atoms with E-state index in [0.29, 0.717) is 22.7 Å². The summed E-state index contributed by atoms with van der Waals surface area (Å²) in [7, 11) is 2.95. The summed E-state index contributed by atoms with van der Waals surface area (Å²) in [6.07, 6.45) is 0. The average molecular weight is 394 g/mol. The molecule has 0 aliphatic rings. The zero-order valence-electron chi connectivity index (χ0n) is 15.7. The second-order valence-electron chi connectivity index (χ2n) is 5.91. The number of rotatable bonds is 6. The first-order valence-electron chi connectivity index (χ1n) is 8.47. The zero-order chi connectivity index (χ0) is 21.0. The highest BCUT2D eigenvalue weighted by Crippen LogP contribution is 2.19. The van der Waals surface area contributed by atoms with Gasteiger partial charge >= 0.3 is 0 Å². The SMILES string of the molecule is COc1ccc(-n2nc(C(=O)Nc3ccc(C(N)=O)cc3)c(=O)cc2OC)cc1. The van der Waals surface area contributed by atoms with Gasteiger partial charge in [0.15, 0.2) is 5.69 Å². The molecule has 3 rings (SSSR count). The second-order valence-corrected chi connectivity index (χ2v) is 5.91. The minimum absolute atomic E-state index is 0.169. The first-order chi connectivity index (χ1) is 13.9. The third kappa shape index (κ3) is 4.24. The number of anilines is 1. The van der Waals surface area contributed by atoms with Gasteiger partial charge in [-0.25, -0.2) is 4.68 Å². The van der Waals surface area contributed by atoms with Crippen LogP contribution >= 0.6 is 0 Å². The molecular weight excluding hydrogens is 376 g/mol. The highest BCUT2D eigenvalue weighted by atomic mass is 16.5. The fraction of sp³-hybridized carbons (Fsp3) is 0.100. The lowest BCUT2D eigenvalue weighted by Crippen LogP contribution is -2.26. The molecule has 0 fully saturated rings. The predicted octanol–water partition coefficient (Wildman–Crippen LogP) is 1.60. The average Bonchev–Trinajstić information content (AvgIpc) is 2.73. The van der Waals surface area contributed by atoms with Crippen molar-refractivity contribution >= 4 is 17.5 Å². The number of carbonyl (C=O) groups excluding carboxylic acids is 2. The van der Waals surface area contributed by atoms with E-state index in [0.717, 1.165) is 0 Å². The van der Waals surface area contributed by atoms with Crippen molar-refractivity contribution < 1.29 is 19.1 Å². The highest BCUT2D eigenvalue weighted by molar-refractivity contribution is 6.03. The number of ether oxygens (including phenoxy) is 2. The molecule has 0 radical (unpaired) electrons. The molecule has 3 aromatic rings. The molecule has 2 amide bonds. The third-order valence-corrected chi connectivity index (χ3v) is 4.07. The van der Waals surface area contributed by atoms with E-state index in [4.69, 9.17) is 15.2 Å². The van der Waals surface area contributed by atoms with Crippen LogP contribution in [-0.2, 0) is 0 Å². The van der Waals surface area contributed by atoms with Crippen molar-refractivity contribution in [3.8, 4) is 17.3 Å². The fourth-order valence-electron chi connectivity index (χ4n) is 2.56. The van der Waals surface area contributed by atoms with E-state index in [1.807, 2.05) is 0 Å². The van der Waals surface area contributed by atoms with E-state index < -0.39 is 17.2 Å². The molecule has 0 unspecified atom stereocenters. The predicted molar refractivity (Wildman–Crippen MR) is 106 cm³/mol. The first kappa shape index (κ1) is 19.6. The van der Waals surface area contributed by atoms with Crippen LogP contribution in [0.4, 0.5) is 5.69 Å². The summed E-state index contributed by atoms with van der Waals surface area (Å²) in [5.74, 6) is -0.470. The summed E-state index contributed by atoms with van der Waals surface area (Å²) in [4.78, 5) is 36.1. The van der Waals surface area contributed by atoms with Gasteiger partial charge in [-0.3, -0.25) is 14.4 Å². The molecule has 0 saturated carbocycles. The lowest BCUT2D eigenvalue weighted by Gasteiger charge is -2.13. The molecule has 0 aliphatic carbocycles. The summed E-state index contributed by atoms with van der Waals surface area (Å²) < 4.78 is 11.7. The Bertz CT molecular complexity index is 1110. The van der Waals surface area contributed by atoms with Gasteiger partial charge < -0.3 is 20.5 Å². The van der Waals surface area contributed by atoms with Gasteiger partial charge in [0, 0.05) is 11.3 Å². The number of nitrogens with zero attached hydrogens (tertiary/aromatic N) is 2. The van der Waals surface area contributed by atoms with Crippen LogP contribution in [0.5, 0.6) is 11.6 Å². The van der Waals surface area contributed by atoms with Crippen molar-refractivity contribution in [2.75, 3.05) is 19.5 Å². The number of methoxy groups -OCH3 is 2. The lowest BCUT2D eigenvalue weighted by molar-refractivity contribution is 0.0997. The van der Waals surface area contributed by atoms with Crippen molar-refractivity contribution in [2.45, 2.75) is 0 Å². The standard InChI is InChI=1S/C20H18N4O5/c1-28-15-9-7-14(8-10-15)24-17(29-2)11-16(25)18(23-24)20(27)22-13-5-3-12(4-6-13)19(21)26/h3-11H,1-2H3,(H2,21,26)(H,22,27). The maximum Gasteiger partial charge on any atom is 0.280 e. The van der Waals surface area contributed by atoms with Gasteiger partial charge in [0.1, 0.15) is 5.75 Å². The first-order valence-corrected chi connectivity index (χ1v) is 8.47. The summed E-state index contributed by atoms with van der Waals surface area (Å²) >= 11 is 0. The van der Waals surface area contributed by atoms with E-state index in [1.165, 1.54) is 42.1 Å². The number of amides is 2. The van der Waals surface area contributed by atoms with Gasteiger partial charge in [-0.15, -0.1) is 0 Å². The van der Waals surface area contributed by atoms with Crippen molar-refractivity contribution in [3.63, 3.8) is 0 Å². The largest absolute Gasteiger partial charge is 0.497 e. The molecule has 29 heavy (non-hydrogen) atoms. The zero-order valence-corrected chi connectivity index (χ0v) is 15.7. The highest BCUT2D eigenvalue weighted by Gasteiger charge is 2.17. The molecule has 148 valence electrons. The summed E-state index contributed by atoms with van der Waals surface area (Å²) in [5, 5.41) is 6.73. The summed E-state index contributed by atoms with van der Waals surface area (Å²) in [6, 6.07) is 14.0. The molecule has 0 bridgehead atoms. The Kier molecular flexibility index (Phi) is 5.59. The second kappa shape index (κ2) is 8.26. The molecule has 3 N–H and O–H groups in total. The van der Waals surface area contributed by atoms with Crippen LogP contribution in [0.15, 0.2) is 59.4 Å². The molecule has 2 aromatic carbocycles. The molecule has 1 heterocycles. The van der Waals surface area contributed by atoms with Crippen LogP contribution in [0.2, 0.25) is 0 Å². The van der Waals surface area contributed by atoms with E-state index in [9.17, 15) is 14.4 Å². The molecule has 9 nitrogen and oxygen atoms in total. The number of carbonyl (C=O) groups is 2. The van der Waals surface area contributed by atoms with Crippen LogP contribution in [0, 0.1) is 0 Å². The van der Waals surface area contributed by atoms with E-state index >= 15 is 0 Å². The minimum atomic E-state index is -0.702. The quantitative estimate of drug-likeness (QED) is 0.654. The maximum absolute atomic E-state index is 12.6. The van der Waals surface area contributed by atoms with Gasteiger partial charge in [-0.2, -0.15) is 5.10 Å². The molecular formula is C20H18N4O5. The Morgan fingerprint density at radius 2 is 1.66 bits per heavy atom. The minimum Gasteiger partial charge on any atom is -0.497 e. The van der Waals surface area contributed by atoms with Crippen molar-refractivity contribution in [2.24, 2.45) is 5.73 Å². The van der Waals surface area contributed by atoms with E-state index in [1.54, 1.807) is 31.4 Å². The van der Waals surface area contributed by atoms with Crippen molar-refractivity contribution in [1.29, 1.82) is 0 Å². The number of primary amides is 1. The van der Waals surface area contributed by atoms with Crippen molar-refractivity contribution in [3.05, 3.63) is 76.1 Å². The topological polar surface area (TPSA) is 126 Å². The molecule has 0 atom stereocenters. The van der Waals surface area contributed by atoms with Crippen LogP contribution < -0.4 is 26.0 Å². The number of aromatic nitrogens is 2. The third-order valence-electron chi connectivity index (χ3n) is 4.07.